The van der Waals surface area contributed by atoms with Gasteiger partial charge in [-0.05, 0) is 72.9 Å². The average Bonchev–Trinajstić information content (AvgIpc) is 3.00. The highest BCUT2D eigenvalue weighted by Gasteiger charge is 2.28. The van der Waals surface area contributed by atoms with Crippen LogP contribution in [0.5, 0.6) is 11.5 Å². The largest absolute Gasteiger partial charge is 0.493 e. The van der Waals surface area contributed by atoms with Crippen LogP contribution in [0.25, 0.3) is 0 Å². The van der Waals surface area contributed by atoms with E-state index in [-0.39, 0.29) is 24.7 Å². The Hall–Kier alpha value is -5.06. The topological polar surface area (TPSA) is 146 Å². The first kappa shape index (κ1) is 34.4. The number of benzene rings is 3. The van der Waals surface area contributed by atoms with E-state index in [2.05, 4.69) is 16.0 Å². The van der Waals surface area contributed by atoms with Crippen molar-refractivity contribution in [3.63, 3.8) is 0 Å². The summed E-state index contributed by atoms with van der Waals surface area (Å²) >= 11 is 0. The van der Waals surface area contributed by atoms with Crippen LogP contribution in [-0.4, -0.2) is 50.2 Å². The molecule has 0 aliphatic carbocycles. The van der Waals surface area contributed by atoms with Crippen molar-refractivity contribution < 1.29 is 33.8 Å². The molecule has 0 aliphatic rings. The van der Waals surface area contributed by atoms with Crippen LogP contribution >= 0.6 is 0 Å². The van der Waals surface area contributed by atoms with Crippen molar-refractivity contribution >= 4 is 40.9 Å². The number of carboxylic acid groups (broad SMARTS) is 1. The highest BCUT2D eigenvalue weighted by Crippen LogP contribution is 2.31. The first-order chi connectivity index (χ1) is 21.4. The van der Waals surface area contributed by atoms with Gasteiger partial charge in [0.2, 0.25) is 11.8 Å². The zero-order valence-corrected chi connectivity index (χ0v) is 26.5. The first-order valence-corrected chi connectivity index (χ1v) is 14.7. The Labute approximate surface area is 263 Å². The summed E-state index contributed by atoms with van der Waals surface area (Å²) in [6.45, 7) is 5.82. The minimum absolute atomic E-state index is 0.0783. The monoisotopic (exact) mass is 618 g/mol. The normalized spacial score (nSPS) is 12.1. The molecule has 11 nitrogen and oxygen atoms in total. The lowest BCUT2D eigenvalue weighted by Gasteiger charge is -2.25. The molecule has 0 saturated carbocycles. The molecule has 0 aliphatic heterocycles. The molecular formula is C34H42N4O7. The van der Waals surface area contributed by atoms with Gasteiger partial charge in [-0.3, -0.25) is 14.4 Å². The van der Waals surface area contributed by atoms with Gasteiger partial charge in [0.15, 0.2) is 11.5 Å². The maximum Gasteiger partial charge on any atom is 0.323 e. The molecule has 0 saturated heterocycles. The fraction of sp³-hybridized carbons (Fsp3) is 0.353. The number of carboxylic acids is 1. The number of anilines is 3. The molecule has 4 N–H and O–H groups in total. The second-order valence-corrected chi connectivity index (χ2v) is 11.2. The minimum Gasteiger partial charge on any atom is -0.493 e. The number of methoxy groups -OCH3 is 2. The Morgan fingerprint density at radius 3 is 2.13 bits per heavy atom. The fourth-order valence-electron chi connectivity index (χ4n) is 4.90. The van der Waals surface area contributed by atoms with Crippen LogP contribution in [0.4, 0.5) is 21.9 Å². The lowest BCUT2D eigenvalue weighted by Crippen LogP contribution is -2.38. The Morgan fingerprint density at radius 1 is 0.867 bits per heavy atom. The number of amides is 4. The number of aliphatic carboxylic acids is 1. The van der Waals surface area contributed by atoms with Gasteiger partial charge in [-0.15, -0.1) is 0 Å². The molecule has 0 heterocycles. The van der Waals surface area contributed by atoms with E-state index >= 15 is 0 Å². The highest BCUT2D eigenvalue weighted by atomic mass is 16.5. The van der Waals surface area contributed by atoms with Gasteiger partial charge < -0.3 is 35.4 Å². The van der Waals surface area contributed by atoms with Crippen LogP contribution in [-0.2, 0) is 14.4 Å². The number of hydrogen-bond acceptors (Lipinski definition) is 6. The molecule has 0 fully saturated rings. The summed E-state index contributed by atoms with van der Waals surface area (Å²) in [5.41, 5.74) is 3.31. The van der Waals surface area contributed by atoms with E-state index in [0.29, 0.717) is 40.5 Å². The Morgan fingerprint density at radius 2 is 1.53 bits per heavy atom. The highest BCUT2D eigenvalue weighted by molar-refractivity contribution is 6.00. The van der Waals surface area contributed by atoms with E-state index < -0.39 is 29.9 Å². The van der Waals surface area contributed by atoms with Gasteiger partial charge in [-0.25, -0.2) is 4.79 Å². The number of carbonyl (C=O) groups is 4. The zero-order chi connectivity index (χ0) is 33.1. The number of nitrogens with one attached hydrogen (secondary N) is 3. The van der Waals surface area contributed by atoms with Gasteiger partial charge in [0, 0.05) is 36.4 Å². The number of urea groups is 1. The fourth-order valence-corrected chi connectivity index (χ4v) is 4.90. The number of aryl methyl sites for hydroxylation is 1. The second kappa shape index (κ2) is 16.1. The van der Waals surface area contributed by atoms with Crippen LogP contribution in [0.1, 0.15) is 50.3 Å². The summed E-state index contributed by atoms with van der Waals surface area (Å²) in [5, 5.41) is 18.0. The van der Waals surface area contributed by atoms with Crippen molar-refractivity contribution in [2.24, 2.45) is 11.8 Å². The van der Waals surface area contributed by atoms with Crippen molar-refractivity contribution in [1.29, 1.82) is 0 Å². The first-order valence-electron chi connectivity index (χ1n) is 14.7. The quantitative estimate of drug-likeness (QED) is 0.173. The molecule has 3 rings (SSSR count). The third kappa shape index (κ3) is 9.99. The van der Waals surface area contributed by atoms with Crippen LogP contribution in [0.2, 0.25) is 0 Å². The summed E-state index contributed by atoms with van der Waals surface area (Å²) in [5.74, 6) is -1.49. The van der Waals surface area contributed by atoms with Crippen LogP contribution in [0, 0.1) is 18.8 Å². The number of nitrogens with zero attached hydrogens (tertiary/aromatic N) is 1. The van der Waals surface area contributed by atoms with Gasteiger partial charge in [0.1, 0.15) is 0 Å². The van der Waals surface area contributed by atoms with E-state index in [9.17, 15) is 24.3 Å². The number of para-hydroxylation sites is 1. The molecule has 2 unspecified atom stereocenters. The molecule has 0 radical (unpaired) electrons. The minimum atomic E-state index is -1.09. The van der Waals surface area contributed by atoms with Crippen molar-refractivity contribution in [2.75, 3.05) is 36.8 Å². The molecule has 240 valence electrons. The Bertz CT molecular complexity index is 1490. The standard InChI is InChI=1S/C34H42N4O7/c1-21(2)17-24(33(42)36-28(20-32(40)41)23-11-16-29(44-5)30(18-23)45-6)19-31(39)38(4)26-14-12-25(13-15-26)35-34(43)37-27-10-8-7-9-22(27)3/h7-16,18,21,24,28H,17,19-20H2,1-6H3,(H,36,42)(H,40,41)(H2,35,37,43). The zero-order valence-electron chi connectivity index (χ0n) is 26.5. The Kier molecular flexibility index (Phi) is 12.3. The lowest BCUT2D eigenvalue weighted by atomic mass is 9.91. The van der Waals surface area contributed by atoms with E-state index in [1.54, 1.807) is 49.5 Å². The van der Waals surface area contributed by atoms with Crippen molar-refractivity contribution in [2.45, 2.75) is 46.1 Å². The second-order valence-electron chi connectivity index (χ2n) is 11.2. The van der Waals surface area contributed by atoms with E-state index in [1.165, 1.54) is 19.1 Å². The van der Waals surface area contributed by atoms with Crippen LogP contribution in [0.15, 0.2) is 66.7 Å². The van der Waals surface area contributed by atoms with E-state index in [0.717, 1.165) is 5.56 Å². The molecule has 0 spiro atoms. The van der Waals surface area contributed by atoms with Gasteiger partial charge >= 0.3 is 12.0 Å². The molecule has 0 aromatic heterocycles. The third-order valence-corrected chi connectivity index (χ3v) is 7.33. The van der Waals surface area contributed by atoms with Crippen molar-refractivity contribution in [1.82, 2.24) is 5.32 Å². The Balaban J connectivity index is 1.69. The number of carbonyl (C=O) groups excluding carboxylic acids is 3. The predicted molar refractivity (Wildman–Crippen MR) is 174 cm³/mol. The van der Waals surface area contributed by atoms with Gasteiger partial charge in [0.05, 0.1) is 26.7 Å². The van der Waals surface area contributed by atoms with Crippen molar-refractivity contribution in [3.05, 3.63) is 77.9 Å². The average molecular weight is 619 g/mol. The molecule has 45 heavy (non-hydrogen) atoms. The summed E-state index contributed by atoms with van der Waals surface area (Å²) in [4.78, 5) is 52.5. The molecule has 4 amide bonds. The molecule has 11 heteroatoms. The molecule has 0 bridgehead atoms. The SMILES string of the molecule is COc1ccc(C(CC(=O)O)NC(=O)C(CC(=O)N(C)c2ccc(NC(=O)Nc3ccccc3C)cc2)CC(C)C)cc1OC. The van der Waals surface area contributed by atoms with Crippen LogP contribution < -0.4 is 30.3 Å². The third-order valence-electron chi connectivity index (χ3n) is 7.33. The number of hydrogen-bond donors (Lipinski definition) is 4. The molecular weight excluding hydrogens is 576 g/mol. The van der Waals surface area contributed by atoms with Gasteiger partial charge in [0.25, 0.3) is 0 Å². The molecule has 3 aromatic rings. The van der Waals surface area contributed by atoms with Gasteiger partial charge in [-0.2, -0.15) is 0 Å². The maximum atomic E-state index is 13.5. The number of ether oxygens (including phenoxy) is 2. The lowest BCUT2D eigenvalue weighted by molar-refractivity contribution is -0.138. The van der Waals surface area contributed by atoms with Gasteiger partial charge in [-0.1, -0.05) is 38.1 Å². The summed E-state index contributed by atoms with van der Waals surface area (Å²) < 4.78 is 10.6. The van der Waals surface area contributed by atoms with E-state index in [4.69, 9.17) is 9.47 Å². The smallest absolute Gasteiger partial charge is 0.323 e. The van der Waals surface area contributed by atoms with E-state index in [1.807, 2.05) is 45.0 Å². The summed E-state index contributed by atoms with van der Waals surface area (Å²) in [6, 6.07) is 18.0. The molecule has 2 atom stereocenters. The molecule has 3 aromatic carbocycles. The number of rotatable bonds is 14. The summed E-state index contributed by atoms with van der Waals surface area (Å²) in [6.07, 6.45) is -0.00605. The van der Waals surface area contributed by atoms with Crippen LogP contribution in [0.3, 0.4) is 0 Å². The maximum absolute atomic E-state index is 13.5. The summed E-state index contributed by atoms with van der Waals surface area (Å²) in [7, 11) is 4.59. The van der Waals surface area contributed by atoms with Crippen molar-refractivity contribution in [3.8, 4) is 11.5 Å². The predicted octanol–water partition coefficient (Wildman–Crippen LogP) is 6.00.